The Morgan fingerprint density at radius 2 is 1.95 bits per heavy atom. The summed E-state index contributed by atoms with van der Waals surface area (Å²) in [6.07, 6.45) is 4.37. The summed E-state index contributed by atoms with van der Waals surface area (Å²) in [7, 11) is 0. The van der Waals surface area contributed by atoms with Crippen LogP contribution in [0.25, 0.3) is 0 Å². The third kappa shape index (κ3) is 2.11. The number of rotatable bonds is 4. The maximum Gasteiger partial charge on any atom is 0.319 e. The molecule has 0 spiro atoms. The minimum absolute atomic E-state index is 0.347. The Morgan fingerprint density at radius 3 is 2.63 bits per heavy atom. The standard InChI is InChI=1S/C15H17NO3/c17-13(15(6-7-15)14(18)19)16-9-10-4-5-11-2-1-3-12(11)8-10/h4-5,8H,1-3,6-7,9H2,(H,16,17)(H,18,19). The number of hydrogen-bond donors (Lipinski definition) is 2. The van der Waals surface area contributed by atoms with Gasteiger partial charge in [0.15, 0.2) is 0 Å². The lowest BCUT2D eigenvalue weighted by molar-refractivity contribution is -0.149. The van der Waals surface area contributed by atoms with E-state index >= 15 is 0 Å². The molecule has 0 saturated heterocycles. The van der Waals surface area contributed by atoms with Crippen molar-refractivity contribution in [3.8, 4) is 0 Å². The van der Waals surface area contributed by atoms with Crippen LogP contribution in [0.2, 0.25) is 0 Å². The van der Waals surface area contributed by atoms with Crippen LogP contribution in [0.15, 0.2) is 18.2 Å². The smallest absolute Gasteiger partial charge is 0.319 e. The number of hydrogen-bond acceptors (Lipinski definition) is 2. The summed E-state index contributed by atoms with van der Waals surface area (Å²) >= 11 is 0. The van der Waals surface area contributed by atoms with Gasteiger partial charge in [-0.15, -0.1) is 0 Å². The van der Waals surface area contributed by atoms with E-state index in [-0.39, 0.29) is 5.91 Å². The summed E-state index contributed by atoms with van der Waals surface area (Å²) in [5.74, 6) is -1.35. The average Bonchev–Trinajstić information content (AvgIpc) is 3.09. The third-order valence-corrected chi connectivity index (χ3v) is 4.21. The van der Waals surface area contributed by atoms with E-state index in [1.54, 1.807) is 0 Å². The zero-order chi connectivity index (χ0) is 13.5. The fourth-order valence-corrected chi connectivity index (χ4v) is 2.75. The van der Waals surface area contributed by atoms with E-state index in [0.29, 0.717) is 19.4 Å². The minimum atomic E-state index is -1.14. The molecule has 1 aromatic carbocycles. The molecule has 100 valence electrons. The van der Waals surface area contributed by atoms with Gasteiger partial charge in [0.1, 0.15) is 5.41 Å². The van der Waals surface area contributed by atoms with Crippen molar-refractivity contribution >= 4 is 11.9 Å². The van der Waals surface area contributed by atoms with Crippen molar-refractivity contribution in [1.82, 2.24) is 5.32 Å². The monoisotopic (exact) mass is 259 g/mol. The molecule has 4 heteroatoms. The lowest BCUT2D eigenvalue weighted by atomic mass is 10.0. The molecule has 1 aromatic rings. The SMILES string of the molecule is O=C(O)C1(C(=O)NCc2ccc3c(c2)CCC3)CC1. The second-order valence-electron chi connectivity index (χ2n) is 5.53. The van der Waals surface area contributed by atoms with E-state index in [1.165, 1.54) is 17.5 Å². The van der Waals surface area contributed by atoms with Crippen LogP contribution in [0.1, 0.15) is 36.0 Å². The van der Waals surface area contributed by atoms with Crippen LogP contribution < -0.4 is 5.32 Å². The summed E-state index contributed by atoms with van der Waals surface area (Å²) in [4.78, 5) is 22.9. The van der Waals surface area contributed by atoms with Crippen molar-refractivity contribution in [2.75, 3.05) is 0 Å². The fraction of sp³-hybridized carbons (Fsp3) is 0.467. The minimum Gasteiger partial charge on any atom is -0.480 e. The molecule has 0 unspecified atom stereocenters. The zero-order valence-corrected chi connectivity index (χ0v) is 10.7. The van der Waals surface area contributed by atoms with E-state index in [1.807, 2.05) is 6.07 Å². The highest BCUT2D eigenvalue weighted by atomic mass is 16.4. The molecule has 2 aliphatic rings. The predicted molar refractivity (Wildman–Crippen MR) is 69.6 cm³/mol. The summed E-state index contributed by atoms with van der Waals surface area (Å²) < 4.78 is 0. The van der Waals surface area contributed by atoms with Crippen LogP contribution >= 0.6 is 0 Å². The van der Waals surface area contributed by atoms with Gasteiger partial charge >= 0.3 is 5.97 Å². The number of fused-ring (bicyclic) bond motifs is 1. The first-order valence-corrected chi connectivity index (χ1v) is 6.74. The quantitative estimate of drug-likeness (QED) is 0.808. The van der Waals surface area contributed by atoms with E-state index in [4.69, 9.17) is 5.11 Å². The van der Waals surface area contributed by atoms with E-state index in [9.17, 15) is 9.59 Å². The van der Waals surface area contributed by atoms with Gasteiger partial charge in [0.2, 0.25) is 5.91 Å². The Hall–Kier alpha value is -1.84. The van der Waals surface area contributed by atoms with Crippen molar-refractivity contribution in [2.24, 2.45) is 5.41 Å². The van der Waals surface area contributed by atoms with Gasteiger partial charge in [0, 0.05) is 6.54 Å². The van der Waals surface area contributed by atoms with E-state index in [2.05, 4.69) is 17.4 Å². The van der Waals surface area contributed by atoms with Crippen LogP contribution in [-0.2, 0) is 29.0 Å². The summed E-state index contributed by atoms with van der Waals surface area (Å²) in [6.45, 7) is 0.418. The van der Waals surface area contributed by atoms with Gasteiger partial charge in [-0.1, -0.05) is 18.2 Å². The first-order chi connectivity index (χ1) is 9.12. The van der Waals surface area contributed by atoms with Crippen LogP contribution in [0, 0.1) is 5.41 Å². The van der Waals surface area contributed by atoms with Crippen LogP contribution in [-0.4, -0.2) is 17.0 Å². The van der Waals surface area contributed by atoms with Gasteiger partial charge in [0.25, 0.3) is 0 Å². The van der Waals surface area contributed by atoms with Crippen LogP contribution in [0.5, 0.6) is 0 Å². The number of carboxylic acid groups (broad SMARTS) is 1. The molecule has 0 aromatic heterocycles. The van der Waals surface area contributed by atoms with E-state index in [0.717, 1.165) is 18.4 Å². The Kier molecular flexibility index (Phi) is 2.81. The van der Waals surface area contributed by atoms with Crippen molar-refractivity contribution in [2.45, 2.75) is 38.6 Å². The van der Waals surface area contributed by atoms with Crippen LogP contribution in [0.4, 0.5) is 0 Å². The molecule has 19 heavy (non-hydrogen) atoms. The lowest BCUT2D eigenvalue weighted by Gasteiger charge is -2.11. The van der Waals surface area contributed by atoms with Gasteiger partial charge in [-0.05, 0) is 48.8 Å². The van der Waals surface area contributed by atoms with E-state index < -0.39 is 11.4 Å². The summed E-state index contributed by atoms with van der Waals surface area (Å²) in [5.41, 5.74) is 2.68. The first kappa shape index (κ1) is 12.2. The van der Waals surface area contributed by atoms with Gasteiger partial charge in [0.05, 0.1) is 0 Å². The van der Waals surface area contributed by atoms with Gasteiger partial charge in [-0.3, -0.25) is 9.59 Å². The molecule has 0 atom stereocenters. The first-order valence-electron chi connectivity index (χ1n) is 6.74. The summed E-state index contributed by atoms with van der Waals surface area (Å²) in [6, 6.07) is 6.27. The molecule has 4 nitrogen and oxygen atoms in total. The van der Waals surface area contributed by atoms with Gasteiger partial charge < -0.3 is 10.4 Å². The Balaban J connectivity index is 1.64. The van der Waals surface area contributed by atoms with Crippen molar-refractivity contribution in [3.63, 3.8) is 0 Å². The number of carboxylic acids is 1. The van der Waals surface area contributed by atoms with Gasteiger partial charge in [-0.25, -0.2) is 0 Å². The highest BCUT2D eigenvalue weighted by Gasteiger charge is 2.56. The number of aliphatic carboxylic acids is 1. The second-order valence-corrected chi connectivity index (χ2v) is 5.53. The molecule has 2 N–H and O–H groups in total. The van der Waals surface area contributed by atoms with Crippen molar-refractivity contribution in [3.05, 3.63) is 34.9 Å². The summed E-state index contributed by atoms with van der Waals surface area (Å²) in [5, 5.41) is 11.8. The molecular weight excluding hydrogens is 242 g/mol. The molecule has 2 aliphatic carbocycles. The predicted octanol–water partition coefficient (Wildman–Crippen LogP) is 1.66. The number of benzene rings is 1. The van der Waals surface area contributed by atoms with Crippen LogP contribution in [0.3, 0.4) is 0 Å². The molecule has 0 aliphatic heterocycles. The number of carbonyl (C=O) groups is 2. The maximum absolute atomic E-state index is 11.9. The Labute approximate surface area is 111 Å². The Morgan fingerprint density at radius 1 is 1.21 bits per heavy atom. The molecule has 1 fully saturated rings. The maximum atomic E-state index is 11.9. The number of carbonyl (C=O) groups excluding carboxylic acids is 1. The molecule has 0 heterocycles. The largest absolute Gasteiger partial charge is 0.480 e. The normalized spacial score (nSPS) is 18.7. The molecule has 1 saturated carbocycles. The molecule has 3 rings (SSSR count). The highest BCUT2D eigenvalue weighted by molar-refractivity contribution is 6.04. The van der Waals surface area contributed by atoms with Crippen molar-refractivity contribution < 1.29 is 14.7 Å². The number of nitrogens with one attached hydrogen (secondary N) is 1. The number of aryl methyl sites for hydroxylation is 2. The lowest BCUT2D eigenvalue weighted by Crippen LogP contribution is -2.36. The zero-order valence-electron chi connectivity index (χ0n) is 10.7. The van der Waals surface area contributed by atoms with Gasteiger partial charge in [-0.2, -0.15) is 0 Å². The molecule has 0 bridgehead atoms. The highest BCUT2D eigenvalue weighted by Crippen LogP contribution is 2.46. The average molecular weight is 259 g/mol. The fourth-order valence-electron chi connectivity index (χ4n) is 2.75. The second kappa shape index (κ2) is 4.37. The third-order valence-electron chi connectivity index (χ3n) is 4.21. The number of amides is 1. The van der Waals surface area contributed by atoms with Crippen molar-refractivity contribution in [1.29, 1.82) is 0 Å². The Bertz CT molecular complexity index is 546. The molecule has 0 radical (unpaired) electrons. The molecular formula is C15H17NO3. The molecule has 1 amide bonds. The topological polar surface area (TPSA) is 66.4 Å².